The summed E-state index contributed by atoms with van der Waals surface area (Å²) >= 11 is 6.03. The molecule has 0 spiro atoms. The molecule has 0 aliphatic carbocycles. The Balaban J connectivity index is 1.76. The molecule has 0 aliphatic heterocycles. The second kappa shape index (κ2) is 9.75. The highest BCUT2D eigenvalue weighted by Gasteiger charge is 2.25. The molecule has 1 amide bonds. The van der Waals surface area contributed by atoms with Crippen LogP contribution in [0.25, 0.3) is 10.9 Å². The zero-order valence-corrected chi connectivity index (χ0v) is 18.9. The van der Waals surface area contributed by atoms with Crippen molar-refractivity contribution >= 4 is 28.4 Å². The first-order chi connectivity index (χ1) is 16.0. The fraction of sp³-hybridized carbons (Fsp3) is 0.160. The minimum absolute atomic E-state index is 0.0722. The number of aromatic nitrogens is 2. The third-order valence-electron chi connectivity index (χ3n) is 5.22. The van der Waals surface area contributed by atoms with Crippen LogP contribution in [-0.2, 0) is 13.1 Å². The van der Waals surface area contributed by atoms with Gasteiger partial charge in [-0.3, -0.25) is 9.59 Å². The lowest BCUT2D eigenvalue weighted by Crippen LogP contribution is -2.32. The first kappa shape index (κ1) is 22.4. The summed E-state index contributed by atoms with van der Waals surface area (Å²) in [5.74, 6) is 0.825. The lowest BCUT2D eigenvalue weighted by Gasteiger charge is -2.24. The summed E-state index contributed by atoms with van der Waals surface area (Å²) < 4.78 is 10.9. The number of nitrogens with zero attached hydrogens (tertiary/aromatic N) is 2. The first-order valence-corrected chi connectivity index (χ1v) is 10.6. The number of hydrogen-bond donors (Lipinski definition) is 1. The normalized spacial score (nSPS) is 10.8. The van der Waals surface area contributed by atoms with E-state index in [9.17, 15) is 9.59 Å². The number of para-hydroxylation sites is 1. The Morgan fingerprint density at radius 2 is 1.61 bits per heavy atom. The molecule has 3 aromatic carbocycles. The summed E-state index contributed by atoms with van der Waals surface area (Å²) in [6.07, 6.45) is 0. The van der Waals surface area contributed by atoms with Crippen molar-refractivity contribution in [2.75, 3.05) is 14.2 Å². The van der Waals surface area contributed by atoms with Gasteiger partial charge in [-0.15, -0.1) is 0 Å². The highest BCUT2D eigenvalue weighted by atomic mass is 35.5. The number of ether oxygens (including phenoxy) is 2. The number of benzene rings is 3. The van der Waals surface area contributed by atoms with E-state index in [-0.39, 0.29) is 24.6 Å². The molecule has 0 radical (unpaired) electrons. The highest BCUT2D eigenvalue weighted by molar-refractivity contribution is 6.30. The van der Waals surface area contributed by atoms with Crippen LogP contribution >= 0.6 is 11.6 Å². The van der Waals surface area contributed by atoms with Crippen LogP contribution in [0, 0.1) is 0 Å². The van der Waals surface area contributed by atoms with E-state index in [4.69, 9.17) is 21.1 Å². The lowest BCUT2D eigenvalue weighted by atomic mass is 10.1. The van der Waals surface area contributed by atoms with E-state index in [1.54, 1.807) is 53.4 Å². The van der Waals surface area contributed by atoms with E-state index < -0.39 is 0 Å². The maximum Gasteiger partial charge on any atom is 0.262 e. The van der Waals surface area contributed by atoms with Gasteiger partial charge in [0.15, 0.2) is 0 Å². The maximum absolute atomic E-state index is 13.7. The van der Waals surface area contributed by atoms with Gasteiger partial charge in [0.1, 0.15) is 22.9 Å². The van der Waals surface area contributed by atoms with Crippen LogP contribution in [0.2, 0.25) is 5.02 Å². The Kier molecular flexibility index (Phi) is 6.60. The number of rotatable bonds is 7. The number of nitrogens with one attached hydrogen (secondary N) is 1. The number of methoxy groups -OCH3 is 2. The number of aromatic amines is 1. The SMILES string of the molecule is COc1cccc(OC)c1C(=O)N(Cc1ccc(Cl)cc1)Cc1nc2ccccc2c(=O)[nH]1. The van der Waals surface area contributed by atoms with Crippen molar-refractivity contribution in [1.82, 2.24) is 14.9 Å². The van der Waals surface area contributed by atoms with Crippen LogP contribution in [0.1, 0.15) is 21.7 Å². The number of H-pyrrole nitrogens is 1. The predicted molar refractivity (Wildman–Crippen MR) is 127 cm³/mol. The van der Waals surface area contributed by atoms with Crippen molar-refractivity contribution in [3.8, 4) is 11.5 Å². The smallest absolute Gasteiger partial charge is 0.262 e. The third-order valence-corrected chi connectivity index (χ3v) is 5.47. The number of carbonyl (C=O) groups excluding carboxylic acids is 1. The molecular formula is C25H22ClN3O4. The van der Waals surface area contributed by atoms with E-state index in [2.05, 4.69) is 9.97 Å². The molecule has 1 heterocycles. The molecule has 0 fully saturated rings. The fourth-order valence-electron chi connectivity index (χ4n) is 3.62. The van der Waals surface area contributed by atoms with E-state index in [1.807, 2.05) is 18.2 Å². The van der Waals surface area contributed by atoms with E-state index in [1.165, 1.54) is 14.2 Å². The van der Waals surface area contributed by atoms with Crippen LogP contribution < -0.4 is 15.0 Å². The van der Waals surface area contributed by atoms with E-state index in [0.717, 1.165) is 5.56 Å². The molecule has 0 saturated heterocycles. The van der Waals surface area contributed by atoms with Crippen molar-refractivity contribution in [2.45, 2.75) is 13.1 Å². The number of hydrogen-bond acceptors (Lipinski definition) is 5. The van der Waals surface area contributed by atoms with E-state index in [0.29, 0.717) is 38.8 Å². The molecule has 1 N–H and O–H groups in total. The predicted octanol–water partition coefficient (Wildman–Crippen LogP) is 4.44. The average Bonchev–Trinajstić information content (AvgIpc) is 2.84. The largest absolute Gasteiger partial charge is 0.496 e. The van der Waals surface area contributed by atoms with Crippen molar-refractivity contribution in [1.29, 1.82) is 0 Å². The summed E-state index contributed by atoms with van der Waals surface area (Å²) in [5.41, 5.74) is 1.46. The quantitative estimate of drug-likeness (QED) is 0.438. The molecule has 4 rings (SSSR count). The standard InChI is InChI=1S/C25H22ClN3O4/c1-32-20-8-5-9-21(33-2)23(20)25(31)29(14-16-10-12-17(26)13-11-16)15-22-27-19-7-4-3-6-18(19)24(30)28-22/h3-13H,14-15H2,1-2H3,(H,27,28,30). The minimum atomic E-state index is -0.324. The van der Waals surface area contributed by atoms with Crippen molar-refractivity contribution in [3.63, 3.8) is 0 Å². The highest BCUT2D eigenvalue weighted by Crippen LogP contribution is 2.30. The fourth-order valence-corrected chi connectivity index (χ4v) is 3.75. The Labute approximate surface area is 195 Å². The van der Waals surface area contributed by atoms with Crippen LogP contribution in [0.3, 0.4) is 0 Å². The summed E-state index contributed by atoms with van der Waals surface area (Å²) in [6, 6.07) is 19.4. The molecule has 0 saturated carbocycles. The van der Waals surface area contributed by atoms with Gasteiger partial charge in [-0.2, -0.15) is 0 Å². The van der Waals surface area contributed by atoms with Crippen LogP contribution in [0.4, 0.5) is 0 Å². The number of carbonyl (C=O) groups is 1. The molecule has 1 aromatic heterocycles. The molecule has 8 heteroatoms. The molecule has 7 nitrogen and oxygen atoms in total. The van der Waals surface area contributed by atoms with Crippen molar-refractivity contribution in [2.24, 2.45) is 0 Å². The Hall–Kier alpha value is -3.84. The molecule has 4 aromatic rings. The van der Waals surface area contributed by atoms with Crippen LogP contribution in [0.15, 0.2) is 71.5 Å². The van der Waals surface area contributed by atoms with Crippen LogP contribution in [-0.4, -0.2) is 35.0 Å². The van der Waals surface area contributed by atoms with Gasteiger partial charge in [-0.05, 0) is 42.0 Å². The first-order valence-electron chi connectivity index (χ1n) is 10.2. The van der Waals surface area contributed by atoms with E-state index >= 15 is 0 Å². The second-order valence-electron chi connectivity index (χ2n) is 7.35. The minimum Gasteiger partial charge on any atom is -0.496 e. The summed E-state index contributed by atoms with van der Waals surface area (Å²) in [4.78, 5) is 35.2. The third kappa shape index (κ3) is 4.83. The topological polar surface area (TPSA) is 84.5 Å². The number of amides is 1. The van der Waals surface area contributed by atoms with Gasteiger partial charge in [0.2, 0.25) is 0 Å². The average molecular weight is 464 g/mol. The number of fused-ring (bicyclic) bond motifs is 1. The molecule has 0 unspecified atom stereocenters. The molecule has 33 heavy (non-hydrogen) atoms. The second-order valence-corrected chi connectivity index (χ2v) is 7.79. The Bertz CT molecular complexity index is 1330. The van der Waals surface area contributed by atoms with Crippen molar-refractivity contribution in [3.05, 3.63) is 99.1 Å². The maximum atomic E-state index is 13.7. The zero-order valence-electron chi connectivity index (χ0n) is 18.2. The zero-order chi connectivity index (χ0) is 23.4. The Morgan fingerprint density at radius 3 is 2.27 bits per heavy atom. The van der Waals surface area contributed by atoms with Gasteiger partial charge in [0, 0.05) is 11.6 Å². The number of halogens is 1. The van der Waals surface area contributed by atoms with Gasteiger partial charge in [-0.1, -0.05) is 41.9 Å². The van der Waals surface area contributed by atoms with Gasteiger partial charge >= 0.3 is 0 Å². The summed E-state index contributed by atoms with van der Waals surface area (Å²) in [6.45, 7) is 0.330. The molecule has 168 valence electrons. The van der Waals surface area contributed by atoms with Gasteiger partial charge in [0.25, 0.3) is 11.5 Å². The monoisotopic (exact) mass is 463 g/mol. The lowest BCUT2D eigenvalue weighted by molar-refractivity contribution is 0.0718. The molecular weight excluding hydrogens is 442 g/mol. The molecule has 0 bridgehead atoms. The Morgan fingerprint density at radius 1 is 0.939 bits per heavy atom. The van der Waals surface area contributed by atoms with Crippen molar-refractivity contribution < 1.29 is 14.3 Å². The molecule has 0 atom stereocenters. The summed E-state index contributed by atoms with van der Waals surface area (Å²) in [5, 5.41) is 1.09. The van der Waals surface area contributed by atoms with Gasteiger partial charge in [-0.25, -0.2) is 4.98 Å². The summed E-state index contributed by atoms with van der Waals surface area (Å²) in [7, 11) is 2.99. The van der Waals surface area contributed by atoms with Crippen LogP contribution in [0.5, 0.6) is 11.5 Å². The van der Waals surface area contributed by atoms with Gasteiger partial charge < -0.3 is 19.4 Å². The van der Waals surface area contributed by atoms with Gasteiger partial charge in [0.05, 0.1) is 31.7 Å². The molecule has 0 aliphatic rings.